The van der Waals surface area contributed by atoms with E-state index in [0.29, 0.717) is 27.9 Å². The first kappa shape index (κ1) is 21.6. The molecule has 3 unspecified atom stereocenters. The predicted molar refractivity (Wildman–Crippen MR) is 127 cm³/mol. The maximum absolute atomic E-state index is 13.3. The minimum absolute atomic E-state index is 0.00573. The van der Waals surface area contributed by atoms with E-state index in [0.717, 1.165) is 24.1 Å². The number of carbonyl (C=O) groups excluding carboxylic acids is 1. The van der Waals surface area contributed by atoms with Gasteiger partial charge in [0.2, 0.25) is 5.91 Å². The number of benzene rings is 2. The third kappa shape index (κ3) is 4.69. The Morgan fingerprint density at radius 3 is 2.65 bits per heavy atom. The number of amides is 1. The molecule has 1 aliphatic rings. The minimum atomic E-state index is -0.118. The van der Waals surface area contributed by atoms with Crippen LogP contribution in [0.3, 0.4) is 0 Å². The van der Waals surface area contributed by atoms with E-state index in [1.54, 1.807) is 10.6 Å². The summed E-state index contributed by atoms with van der Waals surface area (Å²) in [6, 6.07) is 15.4. The van der Waals surface area contributed by atoms with Crippen molar-refractivity contribution < 1.29 is 4.79 Å². The second-order valence-electron chi connectivity index (χ2n) is 8.62. The summed E-state index contributed by atoms with van der Waals surface area (Å²) in [6.07, 6.45) is 3.42. The third-order valence-corrected chi connectivity index (χ3v) is 7.36. The number of carbonyl (C=O) groups is 1. The first-order chi connectivity index (χ1) is 14.9. The molecule has 2 aromatic carbocycles. The van der Waals surface area contributed by atoms with Gasteiger partial charge in [-0.15, -0.1) is 0 Å². The average molecular weight is 436 g/mol. The summed E-state index contributed by atoms with van der Waals surface area (Å²) in [4.78, 5) is 30.7. The Kier molecular flexibility index (Phi) is 6.46. The maximum atomic E-state index is 13.3. The van der Waals surface area contributed by atoms with Crippen molar-refractivity contribution in [3.63, 3.8) is 0 Å². The van der Waals surface area contributed by atoms with Crippen LogP contribution in [0, 0.1) is 18.8 Å². The van der Waals surface area contributed by atoms with Gasteiger partial charge in [0.1, 0.15) is 0 Å². The first-order valence-corrected chi connectivity index (χ1v) is 11.9. The second kappa shape index (κ2) is 9.27. The molecule has 0 bridgehead atoms. The molecule has 6 heteroatoms. The molecule has 1 saturated carbocycles. The Hall–Kier alpha value is -2.60. The lowest BCUT2D eigenvalue weighted by Gasteiger charge is -2.34. The lowest BCUT2D eigenvalue weighted by molar-refractivity contribution is -0.120. The van der Waals surface area contributed by atoms with Gasteiger partial charge in [-0.05, 0) is 49.4 Å². The summed E-state index contributed by atoms with van der Waals surface area (Å²) in [5, 5.41) is 4.32. The van der Waals surface area contributed by atoms with Crippen LogP contribution in [-0.4, -0.2) is 27.3 Å². The number of hydrogen-bond donors (Lipinski definition) is 1. The molecule has 4 rings (SSSR count). The summed E-state index contributed by atoms with van der Waals surface area (Å²) in [6.45, 7) is 6.50. The first-order valence-electron chi connectivity index (χ1n) is 10.9. The van der Waals surface area contributed by atoms with E-state index in [4.69, 9.17) is 4.98 Å². The summed E-state index contributed by atoms with van der Waals surface area (Å²) in [5.41, 5.74) is 2.40. The number of nitrogens with zero attached hydrogens (tertiary/aromatic N) is 2. The fraction of sp³-hybridized carbons (Fsp3) is 0.400. The van der Waals surface area contributed by atoms with Crippen molar-refractivity contribution in [2.75, 3.05) is 5.75 Å². The van der Waals surface area contributed by atoms with Gasteiger partial charge in [0.15, 0.2) is 5.16 Å². The zero-order valence-electron chi connectivity index (χ0n) is 18.3. The van der Waals surface area contributed by atoms with E-state index in [-0.39, 0.29) is 23.3 Å². The van der Waals surface area contributed by atoms with Crippen molar-refractivity contribution in [1.82, 2.24) is 14.9 Å². The van der Waals surface area contributed by atoms with Crippen molar-refractivity contribution in [2.45, 2.75) is 51.2 Å². The normalized spacial score (nSPS) is 21.2. The molecule has 1 aromatic heterocycles. The van der Waals surface area contributed by atoms with Crippen molar-refractivity contribution in [3.8, 4) is 5.69 Å². The van der Waals surface area contributed by atoms with Crippen molar-refractivity contribution in [1.29, 1.82) is 0 Å². The smallest absolute Gasteiger partial charge is 0.266 e. The van der Waals surface area contributed by atoms with Gasteiger partial charge >= 0.3 is 0 Å². The molecule has 1 N–H and O–H groups in total. The average Bonchev–Trinajstić information content (AvgIpc) is 2.76. The van der Waals surface area contributed by atoms with Crippen LogP contribution in [0.1, 0.15) is 38.7 Å². The molecule has 31 heavy (non-hydrogen) atoms. The fourth-order valence-electron chi connectivity index (χ4n) is 4.29. The number of rotatable bonds is 5. The molecule has 1 amide bonds. The van der Waals surface area contributed by atoms with Crippen LogP contribution in [0.15, 0.2) is 58.5 Å². The molecule has 5 nitrogen and oxygen atoms in total. The van der Waals surface area contributed by atoms with Gasteiger partial charge in [-0.25, -0.2) is 4.98 Å². The summed E-state index contributed by atoms with van der Waals surface area (Å²) in [7, 11) is 0. The molecule has 3 aromatic rings. The van der Waals surface area contributed by atoms with Gasteiger partial charge in [0.05, 0.1) is 22.3 Å². The van der Waals surface area contributed by atoms with Gasteiger partial charge in [0, 0.05) is 6.04 Å². The Labute approximate surface area is 187 Å². The highest BCUT2D eigenvalue weighted by Gasteiger charge is 2.28. The zero-order valence-corrected chi connectivity index (χ0v) is 19.1. The lowest BCUT2D eigenvalue weighted by Crippen LogP contribution is -2.44. The molecule has 1 heterocycles. The quantitative estimate of drug-likeness (QED) is 0.465. The van der Waals surface area contributed by atoms with E-state index in [1.165, 1.54) is 18.2 Å². The molecule has 0 radical (unpaired) electrons. The van der Waals surface area contributed by atoms with Crippen LogP contribution < -0.4 is 10.9 Å². The molecule has 3 atom stereocenters. The van der Waals surface area contributed by atoms with Crippen LogP contribution in [0.2, 0.25) is 0 Å². The van der Waals surface area contributed by atoms with E-state index >= 15 is 0 Å². The highest BCUT2D eigenvalue weighted by Crippen LogP contribution is 2.29. The SMILES string of the molecule is Cc1ccc(-n2c(SCC(=O)NC3CCCC(C)C3C)nc3ccccc3c2=O)cc1. The number of nitrogens with one attached hydrogen (secondary N) is 1. The van der Waals surface area contributed by atoms with Gasteiger partial charge in [0.25, 0.3) is 5.56 Å². The number of para-hydroxylation sites is 1. The number of aromatic nitrogens is 2. The zero-order chi connectivity index (χ0) is 22.0. The van der Waals surface area contributed by atoms with Crippen LogP contribution in [0.5, 0.6) is 0 Å². The molecule has 1 fully saturated rings. The van der Waals surface area contributed by atoms with Gasteiger partial charge in [-0.1, -0.05) is 68.3 Å². The fourth-order valence-corrected chi connectivity index (χ4v) is 5.12. The Morgan fingerprint density at radius 2 is 1.87 bits per heavy atom. The van der Waals surface area contributed by atoms with E-state index in [9.17, 15) is 9.59 Å². The predicted octanol–water partition coefficient (Wildman–Crippen LogP) is 4.73. The third-order valence-electron chi connectivity index (χ3n) is 6.42. The number of aryl methyl sites for hydroxylation is 1. The van der Waals surface area contributed by atoms with Crippen molar-refractivity contribution in [2.24, 2.45) is 11.8 Å². The second-order valence-corrected chi connectivity index (χ2v) is 9.56. The van der Waals surface area contributed by atoms with Crippen LogP contribution in [0.25, 0.3) is 16.6 Å². The van der Waals surface area contributed by atoms with Crippen molar-refractivity contribution in [3.05, 3.63) is 64.4 Å². The maximum Gasteiger partial charge on any atom is 0.266 e. The van der Waals surface area contributed by atoms with Crippen LogP contribution in [0.4, 0.5) is 0 Å². The van der Waals surface area contributed by atoms with E-state index < -0.39 is 0 Å². The molecular formula is C25H29N3O2S. The summed E-state index contributed by atoms with van der Waals surface area (Å²) < 4.78 is 1.62. The van der Waals surface area contributed by atoms with Gasteiger partial charge < -0.3 is 5.32 Å². The summed E-state index contributed by atoms with van der Waals surface area (Å²) in [5.74, 6) is 1.33. The summed E-state index contributed by atoms with van der Waals surface area (Å²) >= 11 is 1.31. The minimum Gasteiger partial charge on any atom is -0.352 e. The molecule has 0 spiro atoms. The monoisotopic (exact) mass is 435 g/mol. The number of fused-ring (bicyclic) bond motifs is 1. The largest absolute Gasteiger partial charge is 0.352 e. The number of hydrogen-bond acceptors (Lipinski definition) is 4. The highest BCUT2D eigenvalue weighted by molar-refractivity contribution is 7.99. The molecule has 1 aliphatic carbocycles. The van der Waals surface area contributed by atoms with Crippen LogP contribution >= 0.6 is 11.8 Å². The van der Waals surface area contributed by atoms with Gasteiger partial charge in [-0.3, -0.25) is 14.2 Å². The number of thioether (sulfide) groups is 1. The molecule has 0 aliphatic heterocycles. The lowest BCUT2D eigenvalue weighted by atomic mass is 9.78. The standard InChI is InChI=1S/C25H29N3O2S/c1-16-11-13-19(14-12-16)28-24(30)20-8-4-5-9-22(20)27-25(28)31-15-23(29)26-21-10-6-7-17(2)18(21)3/h4-5,8-9,11-14,17-18,21H,6-7,10,15H2,1-3H3,(H,26,29). The van der Waals surface area contributed by atoms with E-state index in [1.807, 2.05) is 49.4 Å². The topological polar surface area (TPSA) is 64.0 Å². The Bertz CT molecular complexity index is 1140. The molecular weight excluding hydrogens is 406 g/mol. The van der Waals surface area contributed by atoms with Gasteiger partial charge in [-0.2, -0.15) is 0 Å². The molecule has 0 saturated heterocycles. The Morgan fingerprint density at radius 1 is 1.13 bits per heavy atom. The molecule has 162 valence electrons. The van der Waals surface area contributed by atoms with Crippen molar-refractivity contribution >= 4 is 28.6 Å². The van der Waals surface area contributed by atoms with E-state index in [2.05, 4.69) is 19.2 Å². The highest BCUT2D eigenvalue weighted by atomic mass is 32.2. The Balaban J connectivity index is 1.60. The van der Waals surface area contributed by atoms with Crippen LogP contribution in [-0.2, 0) is 4.79 Å².